The number of hydrogen-bond acceptors (Lipinski definition) is 4. The zero-order chi connectivity index (χ0) is 17.1. The summed E-state index contributed by atoms with van der Waals surface area (Å²) in [4.78, 5) is 12.9. The fourth-order valence-electron chi connectivity index (χ4n) is 1.95. The number of hydrogen-bond donors (Lipinski definition) is 1. The highest BCUT2D eigenvalue weighted by molar-refractivity contribution is 5.90. The molecule has 0 aliphatic heterocycles. The Hall–Kier alpha value is -3.23. The molecule has 0 aliphatic carbocycles. The van der Waals surface area contributed by atoms with Crippen molar-refractivity contribution >= 4 is 11.6 Å². The number of rotatable bonds is 4. The lowest BCUT2D eigenvalue weighted by molar-refractivity contribution is -0.117. The number of carbonyl (C=O) groups excluding carboxylic acids is 1. The molecule has 9 heteroatoms. The Morgan fingerprint density at radius 2 is 1.79 bits per heavy atom. The van der Waals surface area contributed by atoms with Gasteiger partial charge in [0.2, 0.25) is 11.7 Å². The van der Waals surface area contributed by atoms with Crippen molar-refractivity contribution in [1.29, 1.82) is 0 Å². The van der Waals surface area contributed by atoms with Gasteiger partial charge in [0.25, 0.3) is 0 Å². The van der Waals surface area contributed by atoms with Crippen molar-refractivity contribution in [1.82, 2.24) is 20.2 Å². The van der Waals surface area contributed by atoms with Gasteiger partial charge < -0.3 is 5.32 Å². The third kappa shape index (κ3) is 3.24. The highest BCUT2D eigenvalue weighted by atomic mass is 19.2. The maximum atomic E-state index is 13.5. The van der Waals surface area contributed by atoms with E-state index in [9.17, 15) is 18.0 Å². The first-order chi connectivity index (χ1) is 11.5. The van der Waals surface area contributed by atoms with Gasteiger partial charge in [-0.05, 0) is 17.3 Å². The van der Waals surface area contributed by atoms with Gasteiger partial charge in [-0.25, -0.2) is 13.2 Å². The van der Waals surface area contributed by atoms with Gasteiger partial charge >= 0.3 is 0 Å². The lowest BCUT2D eigenvalue weighted by atomic mass is 10.2. The Labute approximate surface area is 133 Å². The molecule has 1 heterocycles. The van der Waals surface area contributed by atoms with Crippen LogP contribution in [0.2, 0.25) is 0 Å². The average Bonchev–Trinajstić information content (AvgIpc) is 3.04. The molecule has 0 atom stereocenters. The fourth-order valence-corrected chi connectivity index (χ4v) is 1.95. The molecule has 0 fully saturated rings. The molecule has 1 N–H and O–H groups in total. The van der Waals surface area contributed by atoms with Crippen LogP contribution in [-0.2, 0) is 11.3 Å². The molecule has 1 aromatic heterocycles. The van der Waals surface area contributed by atoms with Gasteiger partial charge in [-0.2, -0.15) is 4.80 Å². The first-order valence-corrected chi connectivity index (χ1v) is 6.81. The summed E-state index contributed by atoms with van der Waals surface area (Å²) in [6, 6.07) is 10.6. The van der Waals surface area contributed by atoms with E-state index in [0.717, 1.165) is 22.5 Å². The monoisotopic (exact) mass is 333 g/mol. The van der Waals surface area contributed by atoms with Crippen LogP contribution in [0.4, 0.5) is 18.9 Å². The largest absolute Gasteiger partial charge is 0.322 e. The molecule has 1 amide bonds. The summed E-state index contributed by atoms with van der Waals surface area (Å²) in [7, 11) is 0. The lowest BCUT2D eigenvalue weighted by Crippen LogP contribution is -2.21. The Morgan fingerprint density at radius 3 is 2.54 bits per heavy atom. The van der Waals surface area contributed by atoms with E-state index < -0.39 is 29.0 Å². The number of halogens is 3. The standard InChI is InChI=1S/C15H10F3N5O/c16-10-6-7-11(14(18)13(10)17)19-12(24)8-23-21-15(20-22-23)9-4-2-1-3-5-9/h1-7H,8H2,(H,19,24). The molecule has 3 aromatic rings. The summed E-state index contributed by atoms with van der Waals surface area (Å²) in [6.45, 7) is -0.363. The van der Waals surface area contributed by atoms with Crippen molar-refractivity contribution in [2.75, 3.05) is 5.32 Å². The number of anilines is 1. The lowest BCUT2D eigenvalue weighted by Gasteiger charge is -2.06. The summed E-state index contributed by atoms with van der Waals surface area (Å²) in [5.41, 5.74) is 0.248. The molecule has 0 radical (unpaired) electrons. The number of nitrogens with one attached hydrogen (secondary N) is 1. The van der Waals surface area contributed by atoms with Crippen LogP contribution in [0.15, 0.2) is 42.5 Å². The van der Waals surface area contributed by atoms with Crippen LogP contribution in [0.3, 0.4) is 0 Å². The Kier molecular flexibility index (Phi) is 4.23. The molecule has 3 rings (SSSR count). The highest BCUT2D eigenvalue weighted by Gasteiger charge is 2.16. The maximum Gasteiger partial charge on any atom is 0.248 e. The Balaban J connectivity index is 1.70. The number of tetrazole rings is 1. The molecule has 2 aromatic carbocycles. The second-order valence-electron chi connectivity index (χ2n) is 4.78. The summed E-state index contributed by atoms with van der Waals surface area (Å²) in [6.07, 6.45) is 0. The summed E-state index contributed by atoms with van der Waals surface area (Å²) in [5.74, 6) is -4.85. The summed E-state index contributed by atoms with van der Waals surface area (Å²) < 4.78 is 39.5. The smallest absolute Gasteiger partial charge is 0.248 e. The van der Waals surface area contributed by atoms with Crippen LogP contribution in [-0.4, -0.2) is 26.1 Å². The molecule has 0 unspecified atom stereocenters. The number of aromatic nitrogens is 4. The molecule has 0 saturated heterocycles. The quantitative estimate of drug-likeness (QED) is 0.744. The van der Waals surface area contributed by atoms with Gasteiger partial charge in [-0.3, -0.25) is 4.79 Å². The fraction of sp³-hybridized carbons (Fsp3) is 0.0667. The van der Waals surface area contributed by atoms with Gasteiger partial charge in [0.15, 0.2) is 17.5 Å². The summed E-state index contributed by atoms with van der Waals surface area (Å²) >= 11 is 0. The molecule has 0 spiro atoms. The van der Waals surface area contributed by atoms with Gasteiger partial charge in [0.1, 0.15) is 6.54 Å². The van der Waals surface area contributed by atoms with Crippen molar-refractivity contribution in [3.63, 3.8) is 0 Å². The van der Waals surface area contributed by atoms with Gasteiger partial charge in [-0.1, -0.05) is 30.3 Å². The first-order valence-electron chi connectivity index (χ1n) is 6.81. The van der Waals surface area contributed by atoms with Crippen LogP contribution in [0, 0.1) is 17.5 Å². The van der Waals surface area contributed by atoms with E-state index in [1.807, 2.05) is 6.07 Å². The zero-order valence-electron chi connectivity index (χ0n) is 12.1. The predicted octanol–water partition coefficient (Wildman–Crippen LogP) is 2.40. The van der Waals surface area contributed by atoms with E-state index in [2.05, 4.69) is 20.7 Å². The normalized spacial score (nSPS) is 10.6. The zero-order valence-corrected chi connectivity index (χ0v) is 12.1. The Morgan fingerprint density at radius 1 is 1.04 bits per heavy atom. The highest BCUT2D eigenvalue weighted by Crippen LogP contribution is 2.19. The third-order valence-electron chi connectivity index (χ3n) is 3.08. The van der Waals surface area contributed by atoms with Crippen LogP contribution in [0.1, 0.15) is 0 Å². The first kappa shape index (κ1) is 15.7. The van der Waals surface area contributed by atoms with E-state index in [4.69, 9.17) is 0 Å². The Bertz CT molecular complexity index is 882. The molecular weight excluding hydrogens is 323 g/mol. The molecule has 0 aliphatic rings. The molecule has 24 heavy (non-hydrogen) atoms. The number of nitrogens with zero attached hydrogens (tertiary/aromatic N) is 4. The average molecular weight is 333 g/mol. The van der Waals surface area contributed by atoms with E-state index in [1.54, 1.807) is 24.3 Å². The maximum absolute atomic E-state index is 13.5. The number of carbonyl (C=O) groups is 1. The van der Waals surface area contributed by atoms with Crippen LogP contribution < -0.4 is 5.32 Å². The van der Waals surface area contributed by atoms with Gasteiger partial charge in [0, 0.05) is 5.56 Å². The van der Waals surface area contributed by atoms with Crippen molar-refractivity contribution in [2.45, 2.75) is 6.54 Å². The van der Waals surface area contributed by atoms with E-state index in [0.29, 0.717) is 5.82 Å². The number of benzene rings is 2. The van der Waals surface area contributed by atoms with Crippen LogP contribution >= 0.6 is 0 Å². The van der Waals surface area contributed by atoms with E-state index in [1.165, 1.54) is 0 Å². The topological polar surface area (TPSA) is 72.7 Å². The third-order valence-corrected chi connectivity index (χ3v) is 3.08. The predicted molar refractivity (Wildman–Crippen MR) is 78.2 cm³/mol. The van der Waals surface area contributed by atoms with Crippen molar-refractivity contribution < 1.29 is 18.0 Å². The molecule has 0 bridgehead atoms. The minimum atomic E-state index is -1.65. The van der Waals surface area contributed by atoms with Crippen LogP contribution in [0.5, 0.6) is 0 Å². The molecular formula is C15H10F3N5O. The van der Waals surface area contributed by atoms with Crippen LogP contribution in [0.25, 0.3) is 11.4 Å². The SMILES string of the molecule is O=C(Cn1nnc(-c2ccccc2)n1)Nc1ccc(F)c(F)c1F. The van der Waals surface area contributed by atoms with E-state index in [-0.39, 0.29) is 6.54 Å². The van der Waals surface area contributed by atoms with Gasteiger partial charge in [-0.15, -0.1) is 10.2 Å². The van der Waals surface area contributed by atoms with Crippen molar-refractivity contribution in [3.05, 3.63) is 59.9 Å². The second kappa shape index (κ2) is 6.49. The molecule has 6 nitrogen and oxygen atoms in total. The van der Waals surface area contributed by atoms with Crippen molar-refractivity contribution in [2.24, 2.45) is 0 Å². The minimum Gasteiger partial charge on any atom is -0.322 e. The van der Waals surface area contributed by atoms with E-state index >= 15 is 0 Å². The van der Waals surface area contributed by atoms with Gasteiger partial charge in [0.05, 0.1) is 5.69 Å². The minimum absolute atomic E-state index is 0.322. The molecule has 0 saturated carbocycles. The number of amides is 1. The summed E-state index contributed by atoms with van der Waals surface area (Å²) in [5, 5.41) is 13.7. The second-order valence-corrected chi connectivity index (χ2v) is 4.78. The van der Waals surface area contributed by atoms with Crippen molar-refractivity contribution in [3.8, 4) is 11.4 Å². The molecule has 122 valence electrons.